The lowest BCUT2D eigenvalue weighted by Crippen LogP contribution is -2.37. The molecule has 3 N–H and O–H groups in total. The van der Waals surface area contributed by atoms with Crippen LogP contribution in [0.5, 0.6) is 0 Å². The smallest absolute Gasteiger partial charge is 0.0650 e. The summed E-state index contributed by atoms with van der Waals surface area (Å²) in [6.07, 6.45) is 0. The highest BCUT2D eigenvalue weighted by Crippen LogP contribution is 2.24. The van der Waals surface area contributed by atoms with Gasteiger partial charge in [-0.1, -0.05) is 0 Å². The van der Waals surface area contributed by atoms with Crippen molar-refractivity contribution in [3.63, 3.8) is 0 Å². The summed E-state index contributed by atoms with van der Waals surface area (Å²) in [5, 5.41) is 13.0. The van der Waals surface area contributed by atoms with E-state index in [2.05, 4.69) is 0 Å². The second kappa shape index (κ2) is 2.93. The van der Waals surface area contributed by atoms with Crippen molar-refractivity contribution < 1.29 is 5.11 Å². The molecule has 2 nitrogen and oxygen atoms in total. The number of nitrogens with two attached hydrogens (primary N) is 1. The zero-order valence-electron chi connectivity index (χ0n) is 6.79. The Bertz CT molecular complexity index is 242. The summed E-state index contributed by atoms with van der Waals surface area (Å²) in [6.45, 7) is 3.83. The van der Waals surface area contributed by atoms with Crippen molar-refractivity contribution in [3.8, 4) is 0 Å². The van der Waals surface area contributed by atoms with Crippen LogP contribution in [0.15, 0.2) is 10.8 Å². The Kier molecular flexibility index (Phi) is 2.32. The molecule has 62 valence electrons. The SMILES string of the molecule is Cc1cscc1C(C)(N)CO. The van der Waals surface area contributed by atoms with Gasteiger partial charge in [0.05, 0.1) is 12.1 Å². The van der Waals surface area contributed by atoms with Gasteiger partial charge in [-0.05, 0) is 35.7 Å². The van der Waals surface area contributed by atoms with Gasteiger partial charge in [0.25, 0.3) is 0 Å². The zero-order valence-corrected chi connectivity index (χ0v) is 7.61. The Labute approximate surface area is 70.7 Å². The summed E-state index contributed by atoms with van der Waals surface area (Å²) in [5.74, 6) is 0. The third-order valence-corrected chi connectivity index (χ3v) is 2.66. The summed E-state index contributed by atoms with van der Waals surface area (Å²) < 4.78 is 0. The standard InChI is InChI=1S/C8H13NOS/c1-6-3-11-4-7(6)8(2,9)5-10/h3-4,10H,5,9H2,1-2H3. The van der Waals surface area contributed by atoms with E-state index in [0.717, 1.165) is 11.1 Å². The molecule has 0 bridgehead atoms. The van der Waals surface area contributed by atoms with Gasteiger partial charge in [0.2, 0.25) is 0 Å². The van der Waals surface area contributed by atoms with E-state index in [0.29, 0.717) is 0 Å². The highest BCUT2D eigenvalue weighted by Gasteiger charge is 2.22. The molecular formula is C8H13NOS. The zero-order chi connectivity index (χ0) is 8.48. The number of thiophene rings is 1. The van der Waals surface area contributed by atoms with Gasteiger partial charge in [-0.3, -0.25) is 0 Å². The molecule has 0 saturated carbocycles. The summed E-state index contributed by atoms with van der Waals surface area (Å²) in [4.78, 5) is 0. The van der Waals surface area contributed by atoms with Gasteiger partial charge in [0, 0.05) is 0 Å². The van der Waals surface area contributed by atoms with Gasteiger partial charge in [0.15, 0.2) is 0 Å². The van der Waals surface area contributed by atoms with E-state index < -0.39 is 5.54 Å². The predicted octanol–water partition coefficient (Wildman–Crippen LogP) is 1.22. The van der Waals surface area contributed by atoms with E-state index >= 15 is 0 Å². The average molecular weight is 171 g/mol. The molecule has 1 unspecified atom stereocenters. The van der Waals surface area contributed by atoms with Crippen LogP contribution < -0.4 is 5.73 Å². The molecule has 0 aliphatic heterocycles. The topological polar surface area (TPSA) is 46.2 Å². The lowest BCUT2D eigenvalue weighted by molar-refractivity contribution is 0.210. The fourth-order valence-electron chi connectivity index (χ4n) is 1.03. The van der Waals surface area contributed by atoms with Gasteiger partial charge >= 0.3 is 0 Å². The number of rotatable bonds is 2. The molecule has 0 aromatic carbocycles. The monoisotopic (exact) mass is 171 g/mol. The van der Waals surface area contributed by atoms with Crippen molar-refractivity contribution >= 4 is 11.3 Å². The van der Waals surface area contributed by atoms with Gasteiger partial charge in [-0.2, -0.15) is 11.3 Å². The van der Waals surface area contributed by atoms with Crippen molar-refractivity contribution in [1.29, 1.82) is 0 Å². The maximum Gasteiger partial charge on any atom is 0.0650 e. The maximum atomic E-state index is 8.97. The summed E-state index contributed by atoms with van der Waals surface area (Å²) in [7, 11) is 0. The van der Waals surface area contributed by atoms with E-state index in [1.807, 2.05) is 24.6 Å². The maximum absolute atomic E-state index is 8.97. The number of hydrogen-bond acceptors (Lipinski definition) is 3. The summed E-state index contributed by atoms with van der Waals surface area (Å²) >= 11 is 1.62. The van der Waals surface area contributed by atoms with Crippen LogP contribution in [0.25, 0.3) is 0 Å². The fourth-order valence-corrected chi connectivity index (χ4v) is 2.02. The van der Waals surface area contributed by atoms with Crippen LogP contribution in [-0.4, -0.2) is 11.7 Å². The van der Waals surface area contributed by atoms with Crippen molar-refractivity contribution in [2.24, 2.45) is 5.73 Å². The number of aliphatic hydroxyl groups excluding tert-OH is 1. The first-order chi connectivity index (χ1) is 5.08. The minimum Gasteiger partial charge on any atom is -0.394 e. The van der Waals surface area contributed by atoms with Crippen LogP contribution >= 0.6 is 11.3 Å². The van der Waals surface area contributed by atoms with Crippen molar-refractivity contribution in [3.05, 3.63) is 21.9 Å². The van der Waals surface area contributed by atoms with E-state index in [1.54, 1.807) is 11.3 Å². The Morgan fingerprint density at radius 3 is 2.64 bits per heavy atom. The quantitative estimate of drug-likeness (QED) is 0.703. The predicted molar refractivity (Wildman–Crippen MR) is 47.7 cm³/mol. The van der Waals surface area contributed by atoms with Crippen LogP contribution in [0.4, 0.5) is 0 Å². The molecule has 0 radical (unpaired) electrons. The van der Waals surface area contributed by atoms with Crippen LogP contribution in [-0.2, 0) is 5.54 Å². The molecule has 1 atom stereocenters. The number of aliphatic hydroxyl groups is 1. The first-order valence-corrected chi connectivity index (χ1v) is 4.45. The first kappa shape index (κ1) is 8.71. The molecule has 1 rings (SSSR count). The third-order valence-electron chi connectivity index (χ3n) is 1.80. The third kappa shape index (κ3) is 1.61. The largest absolute Gasteiger partial charge is 0.394 e. The molecule has 0 saturated heterocycles. The lowest BCUT2D eigenvalue weighted by Gasteiger charge is -2.21. The van der Waals surface area contributed by atoms with Crippen LogP contribution in [0.1, 0.15) is 18.1 Å². The molecule has 1 aromatic heterocycles. The molecule has 1 heterocycles. The van der Waals surface area contributed by atoms with Gasteiger partial charge in [-0.15, -0.1) is 0 Å². The Hall–Kier alpha value is -0.380. The van der Waals surface area contributed by atoms with Gasteiger partial charge in [-0.25, -0.2) is 0 Å². The van der Waals surface area contributed by atoms with E-state index in [-0.39, 0.29) is 6.61 Å². The molecule has 0 spiro atoms. The van der Waals surface area contributed by atoms with Gasteiger partial charge < -0.3 is 10.8 Å². The van der Waals surface area contributed by atoms with Crippen molar-refractivity contribution in [2.45, 2.75) is 19.4 Å². The van der Waals surface area contributed by atoms with Crippen LogP contribution in [0.3, 0.4) is 0 Å². The minimum atomic E-state index is -0.579. The van der Waals surface area contributed by atoms with E-state index in [4.69, 9.17) is 10.8 Å². The molecule has 0 amide bonds. The Balaban J connectivity index is 3.00. The van der Waals surface area contributed by atoms with Gasteiger partial charge in [0.1, 0.15) is 0 Å². The second-order valence-electron chi connectivity index (χ2n) is 3.04. The minimum absolute atomic E-state index is 0.00935. The highest BCUT2D eigenvalue weighted by atomic mass is 32.1. The average Bonchev–Trinajstić information content (AvgIpc) is 2.36. The molecule has 0 aliphatic carbocycles. The molecule has 1 aromatic rings. The molecular weight excluding hydrogens is 158 g/mol. The molecule has 11 heavy (non-hydrogen) atoms. The summed E-state index contributed by atoms with van der Waals surface area (Å²) in [5.41, 5.74) is 7.47. The fraction of sp³-hybridized carbons (Fsp3) is 0.500. The van der Waals surface area contributed by atoms with Crippen LogP contribution in [0.2, 0.25) is 0 Å². The molecule has 0 fully saturated rings. The lowest BCUT2D eigenvalue weighted by atomic mass is 9.94. The van der Waals surface area contributed by atoms with E-state index in [9.17, 15) is 0 Å². The van der Waals surface area contributed by atoms with E-state index in [1.165, 1.54) is 0 Å². The first-order valence-electron chi connectivity index (χ1n) is 3.51. The molecule has 3 heteroatoms. The Morgan fingerprint density at radius 2 is 2.27 bits per heavy atom. The second-order valence-corrected chi connectivity index (χ2v) is 3.79. The number of aryl methyl sites for hydroxylation is 1. The van der Waals surface area contributed by atoms with Crippen molar-refractivity contribution in [2.75, 3.05) is 6.61 Å². The summed E-state index contributed by atoms with van der Waals surface area (Å²) in [6, 6.07) is 0. The highest BCUT2D eigenvalue weighted by molar-refractivity contribution is 7.08. The molecule has 0 aliphatic rings. The Morgan fingerprint density at radius 1 is 1.64 bits per heavy atom. The number of hydrogen-bond donors (Lipinski definition) is 2. The van der Waals surface area contributed by atoms with Crippen LogP contribution in [0, 0.1) is 6.92 Å². The normalized spacial score (nSPS) is 16.4. The van der Waals surface area contributed by atoms with Crippen molar-refractivity contribution in [1.82, 2.24) is 0 Å².